The maximum atomic E-state index is 15.4. The van der Waals surface area contributed by atoms with E-state index in [1.165, 1.54) is 31.0 Å². The van der Waals surface area contributed by atoms with Crippen molar-refractivity contribution in [2.24, 2.45) is 5.92 Å². The fourth-order valence-electron chi connectivity index (χ4n) is 6.51. The number of aryl methyl sites for hydroxylation is 1. The molecule has 1 aromatic carbocycles. The van der Waals surface area contributed by atoms with Crippen molar-refractivity contribution in [3.05, 3.63) is 59.1 Å². The second kappa shape index (κ2) is 13.6. The maximum Gasteiger partial charge on any atom is 0.416 e. The number of hydrogen-bond acceptors (Lipinski definition) is 7. The van der Waals surface area contributed by atoms with Gasteiger partial charge < -0.3 is 24.3 Å². The van der Waals surface area contributed by atoms with E-state index >= 15 is 4.39 Å². The molecule has 0 aliphatic carbocycles. The van der Waals surface area contributed by atoms with Crippen LogP contribution in [0.2, 0.25) is 0 Å². The highest BCUT2D eigenvalue weighted by Crippen LogP contribution is 2.41. The molecule has 10 nitrogen and oxygen atoms in total. The molecule has 3 aliphatic rings. The lowest BCUT2D eigenvalue weighted by Gasteiger charge is -2.40. The second-order valence-electron chi connectivity index (χ2n) is 12.6. The number of aromatic nitrogens is 1. The number of hydrogen-bond donors (Lipinski definition) is 0. The van der Waals surface area contributed by atoms with Crippen LogP contribution >= 0.6 is 0 Å². The Morgan fingerprint density at radius 3 is 2.53 bits per heavy atom. The summed E-state index contributed by atoms with van der Waals surface area (Å²) in [7, 11) is 5.28. The van der Waals surface area contributed by atoms with E-state index in [0.717, 1.165) is 22.6 Å². The fourth-order valence-corrected chi connectivity index (χ4v) is 6.51. The van der Waals surface area contributed by atoms with E-state index in [9.17, 15) is 27.6 Å². The number of anilines is 3. The van der Waals surface area contributed by atoms with E-state index < -0.39 is 41.3 Å². The summed E-state index contributed by atoms with van der Waals surface area (Å²) in [6, 6.07) is 4.93. The van der Waals surface area contributed by atoms with Crippen molar-refractivity contribution in [2.45, 2.75) is 45.0 Å². The van der Waals surface area contributed by atoms with Crippen molar-refractivity contribution in [3.8, 4) is 0 Å². The number of carbonyl (C=O) groups is 3. The number of likely N-dealkylation sites (tertiary alicyclic amines) is 1. The normalized spacial score (nSPS) is 20.8. The Balaban J connectivity index is 1.31. The van der Waals surface area contributed by atoms with Crippen LogP contribution in [-0.4, -0.2) is 105 Å². The summed E-state index contributed by atoms with van der Waals surface area (Å²) in [6.45, 7) is 5.52. The minimum atomic E-state index is -4.67. The van der Waals surface area contributed by atoms with Crippen LogP contribution in [0, 0.1) is 18.7 Å². The van der Waals surface area contributed by atoms with E-state index in [1.807, 2.05) is 32.0 Å². The van der Waals surface area contributed by atoms with Crippen molar-refractivity contribution in [1.82, 2.24) is 14.8 Å². The molecule has 0 radical (unpaired) electrons. The van der Waals surface area contributed by atoms with Crippen molar-refractivity contribution in [1.29, 1.82) is 0 Å². The van der Waals surface area contributed by atoms with Gasteiger partial charge in [-0.1, -0.05) is 12.1 Å². The Bertz CT molecular complexity index is 1560. The molecular weight excluding hydrogens is 620 g/mol. The quantitative estimate of drug-likeness (QED) is 0.229. The molecule has 47 heavy (non-hydrogen) atoms. The molecule has 2 aromatic rings. The predicted octanol–water partition coefficient (Wildman–Crippen LogP) is 3.88. The first-order valence-electron chi connectivity index (χ1n) is 15.6. The number of para-hydroxylation sites is 1. The first-order valence-corrected chi connectivity index (χ1v) is 15.6. The lowest BCUT2D eigenvalue weighted by atomic mass is 9.95. The molecule has 1 aromatic heterocycles. The van der Waals surface area contributed by atoms with Gasteiger partial charge in [0.25, 0.3) is 5.91 Å². The van der Waals surface area contributed by atoms with E-state index in [1.54, 1.807) is 15.9 Å². The van der Waals surface area contributed by atoms with Crippen LogP contribution in [0.4, 0.5) is 34.8 Å². The van der Waals surface area contributed by atoms with Gasteiger partial charge in [0, 0.05) is 70.0 Å². The lowest BCUT2D eigenvalue weighted by molar-refractivity contribution is -0.141. The molecule has 0 saturated carbocycles. The van der Waals surface area contributed by atoms with Crippen molar-refractivity contribution in [3.63, 3.8) is 0 Å². The molecule has 254 valence electrons. The van der Waals surface area contributed by atoms with E-state index in [4.69, 9.17) is 4.74 Å². The van der Waals surface area contributed by atoms with Crippen molar-refractivity contribution < 1.29 is 36.7 Å². The van der Waals surface area contributed by atoms with Crippen LogP contribution in [0.1, 0.15) is 31.0 Å². The number of allylic oxidation sites excluding steroid dienone is 1. The fraction of sp³-hybridized carbons (Fsp3) is 0.515. The average Bonchev–Trinajstić information content (AvgIpc) is 3.30. The number of alkyl halides is 3. The first-order chi connectivity index (χ1) is 22.2. The summed E-state index contributed by atoms with van der Waals surface area (Å²) < 4.78 is 62.4. The molecular formula is C33H40F4N6O4. The van der Waals surface area contributed by atoms with E-state index in [2.05, 4.69) is 4.98 Å². The first kappa shape index (κ1) is 34.3. The zero-order chi connectivity index (χ0) is 34.2. The maximum absolute atomic E-state index is 15.4. The Morgan fingerprint density at radius 1 is 1.15 bits per heavy atom. The molecule has 5 rings (SSSR count). The number of ether oxygens (including phenoxy) is 1. The predicted molar refractivity (Wildman–Crippen MR) is 169 cm³/mol. The summed E-state index contributed by atoms with van der Waals surface area (Å²) in [4.78, 5) is 52.1. The van der Waals surface area contributed by atoms with Crippen LogP contribution in [0.15, 0.2) is 42.0 Å². The third kappa shape index (κ3) is 7.13. The van der Waals surface area contributed by atoms with Crippen LogP contribution in [-0.2, 0) is 25.3 Å². The summed E-state index contributed by atoms with van der Waals surface area (Å²) in [5.74, 6) is -2.51. The molecule has 2 saturated heterocycles. The Kier molecular flexibility index (Phi) is 9.92. The highest BCUT2D eigenvalue weighted by atomic mass is 19.4. The van der Waals surface area contributed by atoms with E-state index in [-0.39, 0.29) is 47.9 Å². The molecule has 0 unspecified atom stereocenters. The Hall–Kier alpha value is -4.04. The zero-order valence-electron chi connectivity index (χ0n) is 27.2. The Labute approximate surface area is 271 Å². The number of fused-ring (bicyclic) bond motifs is 2. The van der Waals surface area contributed by atoms with Crippen molar-refractivity contribution in [2.75, 3.05) is 75.2 Å². The molecule has 0 N–H and O–H groups in total. The molecule has 2 fully saturated rings. The number of pyridine rings is 1. The van der Waals surface area contributed by atoms with Gasteiger partial charge in [-0.05, 0) is 58.6 Å². The molecule has 3 aliphatic heterocycles. The SMILES string of the molecule is C/C=C(\CN(C)C)C(=O)N1CC(OCCCN2C[C@H]3CC(=O)N(c4cc(C(F)(F)F)cc(C)n4)[C@@H]3C(=O)N(C)c3cccc(F)c32)C1. The van der Waals surface area contributed by atoms with Gasteiger partial charge in [-0.3, -0.25) is 19.3 Å². The summed E-state index contributed by atoms with van der Waals surface area (Å²) in [5.41, 5.74) is 0.303. The third-order valence-corrected chi connectivity index (χ3v) is 8.80. The standard InChI is InChI=1S/C33H40F4N6O4/c1-6-21(16-39(3)4)31(45)42-18-24(19-42)47-12-8-11-41-17-22-14-28(44)43(27-15-23(33(35,36)37)13-20(2)38-27)29(22)32(46)40(5)26-10-7-9-25(34)30(26)41/h6-7,9-10,13,15,22,24,29H,8,11-12,14,16-19H2,1-5H3/b21-6+/t22-,29+/m1/s1. The number of carbonyl (C=O) groups excluding carboxylic acids is 3. The molecule has 0 spiro atoms. The topological polar surface area (TPSA) is 89.5 Å². The molecule has 3 amide bonds. The third-order valence-electron chi connectivity index (χ3n) is 8.80. The van der Waals surface area contributed by atoms with Crippen LogP contribution in [0.3, 0.4) is 0 Å². The van der Waals surface area contributed by atoms with Gasteiger partial charge in [0.2, 0.25) is 11.8 Å². The average molecular weight is 661 g/mol. The summed E-state index contributed by atoms with van der Waals surface area (Å²) >= 11 is 0. The van der Waals surface area contributed by atoms with Gasteiger partial charge in [-0.15, -0.1) is 0 Å². The van der Waals surface area contributed by atoms with E-state index in [0.29, 0.717) is 39.2 Å². The largest absolute Gasteiger partial charge is 0.416 e. The highest BCUT2D eigenvalue weighted by Gasteiger charge is 2.49. The summed E-state index contributed by atoms with van der Waals surface area (Å²) in [5, 5.41) is 0. The van der Waals surface area contributed by atoms with Crippen LogP contribution < -0.4 is 14.7 Å². The minimum Gasteiger partial charge on any atom is -0.374 e. The van der Waals surface area contributed by atoms with Gasteiger partial charge in [0.05, 0.1) is 23.0 Å². The second-order valence-corrected chi connectivity index (χ2v) is 12.6. The number of benzene rings is 1. The molecule has 4 heterocycles. The number of nitrogens with zero attached hydrogens (tertiary/aromatic N) is 6. The smallest absolute Gasteiger partial charge is 0.374 e. The highest BCUT2D eigenvalue weighted by molar-refractivity contribution is 6.10. The van der Waals surface area contributed by atoms with Crippen molar-refractivity contribution >= 4 is 34.9 Å². The number of likely N-dealkylation sites (N-methyl/N-ethyl adjacent to an activating group) is 2. The van der Waals surface area contributed by atoms with Gasteiger partial charge in [-0.2, -0.15) is 13.2 Å². The van der Waals surface area contributed by atoms with Crippen LogP contribution in [0.25, 0.3) is 0 Å². The molecule has 14 heteroatoms. The monoisotopic (exact) mass is 660 g/mol. The lowest BCUT2D eigenvalue weighted by Crippen LogP contribution is -2.55. The molecule has 0 bridgehead atoms. The zero-order valence-corrected chi connectivity index (χ0v) is 27.2. The number of halogens is 4. The summed E-state index contributed by atoms with van der Waals surface area (Å²) in [6.07, 6.45) is -2.60. The van der Waals surface area contributed by atoms with Crippen LogP contribution in [0.5, 0.6) is 0 Å². The number of rotatable bonds is 9. The van der Waals surface area contributed by atoms with Gasteiger partial charge in [-0.25, -0.2) is 9.37 Å². The minimum absolute atomic E-state index is 0.0161. The van der Waals surface area contributed by atoms with Gasteiger partial charge in [0.15, 0.2) is 0 Å². The Morgan fingerprint density at radius 2 is 1.87 bits per heavy atom. The molecule has 2 atom stereocenters. The van der Waals surface area contributed by atoms with Gasteiger partial charge >= 0.3 is 6.18 Å². The van der Waals surface area contributed by atoms with Gasteiger partial charge in [0.1, 0.15) is 17.7 Å². The number of amides is 3.